The number of rotatable bonds is 7. The maximum Gasteiger partial charge on any atom is 0.241 e. The van der Waals surface area contributed by atoms with Gasteiger partial charge in [-0.05, 0) is 63.0 Å². The second kappa shape index (κ2) is 9.04. The summed E-state index contributed by atoms with van der Waals surface area (Å²) in [6.45, 7) is 6.50. The second-order valence-corrected chi connectivity index (χ2v) is 7.03. The molecule has 1 aliphatic heterocycles. The molecule has 0 aromatic heterocycles. The van der Waals surface area contributed by atoms with E-state index in [1.54, 1.807) is 0 Å². The first-order valence-corrected chi connectivity index (χ1v) is 8.75. The summed E-state index contributed by atoms with van der Waals surface area (Å²) < 4.78 is 11.2. The molecule has 5 nitrogen and oxygen atoms in total. The molecule has 1 aromatic carbocycles. The summed E-state index contributed by atoms with van der Waals surface area (Å²) in [6, 6.07) is 7.47. The van der Waals surface area contributed by atoms with E-state index >= 15 is 0 Å². The second-order valence-electron chi connectivity index (χ2n) is 7.03. The van der Waals surface area contributed by atoms with Crippen LogP contribution in [0.1, 0.15) is 26.7 Å². The van der Waals surface area contributed by atoms with Crippen molar-refractivity contribution in [1.82, 2.24) is 4.90 Å². The summed E-state index contributed by atoms with van der Waals surface area (Å²) in [5.74, 6) is 1.69. The number of nitrogens with one attached hydrogen (secondary N) is 1. The third-order valence-corrected chi connectivity index (χ3v) is 4.40. The molecule has 1 aliphatic rings. The first-order chi connectivity index (χ1) is 11.5. The Morgan fingerprint density at radius 2 is 1.88 bits per heavy atom. The third kappa shape index (κ3) is 5.49. The maximum absolute atomic E-state index is 12.4. The molecule has 0 radical (unpaired) electrons. The third-order valence-electron chi connectivity index (χ3n) is 4.40. The summed E-state index contributed by atoms with van der Waals surface area (Å²) in [5.41, 5.74) is 0.797. The van der Waals surface area contributed by atoms with Crippen molar-refractivity contribution in [3.63, 3.8) is 0 Å². The fourth-order valence-corrected chi connectivity index (χ4v) is 3.11. The van der Waals surface area contributed by atoms with E-state index < -0.39 is 0 Å². The minimum absolute atomic E-state index is 0.0193. The molecular formula is C19H30N2O3. The van der Waals surface area contributed by atoms with Gasteiger partial charge in [0.2, 0.25) is 5.91 Å². The molecule has 0 bridgehead atoms. The minimum atomic E-state index is -0.144. The quantitative estimate of drug-likeness (QED) is 0.833. The Labute approximate surface area is 145 Å². The highest BCUT2D eigenvalue weighted by molar-refractivity contribution is 5.95. The van der Waals surface area contributed by atoms with Gasteiger partial charge in [0, 0.05) is 18.9 Å². The summed E-state index contributed by atoms with van der Waals surface area (Å²) >= 11 is 0. The lowest BCUT2D eigenvalue weighted by molar-refractivity contribution is -0.121. The fourth-order valence-electron chi connectivity index (χ4n) is 3.11. The molecule has 1 atom stereocenters. The Morgan fingerprint density at radius 1 is 1.25 bits per heavy atom. The van der Waals surface area contributed by atoms with E-state index in [1.807, 2.05) is 43.3 Å². The Kier molecular flexibility index (Phi) is 7.06. The highest BCUT2D eigenvalue weighted by Gasteiger charge is 2.24. The topological polar surface area (TPSA) is 50.8 Å². The Balaban J connectivity index is 1.85. The highest BCUT2D eigenvalue weighted by atomic mass is 16.5. The summed E-state index contributed by atoms with van der Waals surface area (Å²) in [7, 11) is 3.86. The van der Waals surface area contributed by atoms with Gasteiger partial charge in [-0.2, -0.15) is 0 Å². The first-order valence-electron chi connectivity index (χ1n) is 8.75. The molecule has 1 N–H and O–H groups in total. The number of hydrogen-bond donors (Lipinski definition) is 1. The van der Waals surface area contributed by atoms with Crippen molar-refractivity contribution in [2.24, 2.45) is 11.8 Å². The molecule has 5 heteroatoms. The Hall–Kier alpha value is -1.59. The number of carbonyl (C=O) groups is 1. The molecule has 0 aliphatic carbocycles. The van der Waals surface area contributed by atoms with Gasteiger partial charge in [-0.15, -0.1) is 0 Å². The predicted octanol–water partition coefficient (Wildman–Crippen LogP) is 3.02. The number of amides is 1. The standard InChI is InChI=1S/C19H30N2O3/c1-14(2)18(21(3)4)19(22)20-16-5-7-17(8-6-16)24-13-15-9-11-23-12-10-15/h5-8,14-15,18H,9-13H2,1-4H3,(H,20,22)/t18-/m1/s1. The zero-order chi connectivity index (χ0) is 17.5. The van der Waals surface area contributed by atoms with Crippen LogP contribution in [0.5, 0.6) is 5.75 Å². The lowest BCUT2D eigenvalue weighted by atomic mass is 10.0. The van der Waals surface area contributed by atoms with Gasteiger partial charge in [-0.1, -0.05) is 13.8 Å². The molecule has 0 spiro atoms. The molecule has 0 unspecified atom stereocenters. The van der Waals surface area contributed by atoms with E-state index in [9.17, 15) is 4.79 Å². The van der Waals surface area contributed by atoms with Crippen LogP contribution in [0.4, 0.5) is 5.69 Å². The van der Waals surface area contributed by atoms with Crippen LogP contribution in [-0.4, -0.2) is 50.8 Å². The Bertz CT molecular complexity index is 500. The summed E-state index contributed by atoms with van der Waals surface area (Å²) in [4.78, 5) is 14.4. The fraction of sp³-hybridized carbons (Fsp3) is 0.632. The zero-order valence-electron chi connectivity index (χ0n) is 15.2. The number of carbonyl (C=O) groups excluding carboxylic acids is 1. The smallest absolute Gasteiger partial charge is 0.241 e. The van der Waals surface area contributed by atoms with Crippen LogP contribution < -0.4 is 10.1 Å². The van der Waals surface area contributed by atoms with Crippen LogP contribution in [0.15, 0.2) is 24.3 Å². The van der Waals surface area contributed by atoms with Crippen molar-refractivity contribution in [2.75, 3.05) is 39.2 Å². The molecule has 24 heavy (non-hydrogen) atoms. The van der Waals surface area contributed by atoms with Gasteiger partial charge in [0.05, 0.1) is 12.6 Å². The summed E-state index contributed by atoms with van der Waals surface area (Å²) in [5, 5.41) is 2.98. The lowest BCUT2D eigenvalue weighted by Crippen LogP contribution is -2.43. The van der Waals surface area contributed by atoms with Crippen molar-refractivity contribution >= 4 is 11.6 Å². The van der Waals surface area contributed by atoms with Crippen LogP contribution in [0.2, 0.25) is 0 Å². The number of hydrogen-bond acceptors (Lipinski definition) is 4. The molecule has 1 amide bonds. The minimum Gasteiger partial charge on any atom is -0.493 e. The van der Waals surface area contributed by atoms with E-state index in [0.717, 1.165) is 44.1 Å². The average Bonchev–Trinajstić information content (AvgIpc) is 2.54. The van der Waals surface area contributed by atoms with Crippen molar-refractivity contribution in [2.45, 2.75) is 32.7 Å². The van der Waals surface area contributed by atoms with E-state index in [0.29, 0.717) is 5.92 Å². The maximum atomic E-state index is 12.4. The lowest BCUT2D eigenvalue weighted by Gasteiger charge is -2.26. The largest absolute Gasteiger partial charge is 0.493 e. The zero-order valence-corrected chi connectivity index (χ0v) is 15.2. The SMILES string of the molecule is CC(C)[C@H](C(=O)Nc1ccc(OCC2CCOCC2)cc1)N(C)C. The highest BCUT2D eigenvalue weighted by Crippen LogP contribution is 2.20. The van der Waals surface area contributed by atoms with E-state index in [-0.39, 0.29) is 17.9 Å². The molecule has 0 saturated carbocycles. The molecule has 1 saturated heterocycles. The molecule has 2 rings (SSSR count). The van der Waals surface area contributed by atoms with Gasteiger partial charge in [0.15, 0.2) is 0 Å². The van der Waals surface area contributed by atoms with Gasteiger partial charge in [-0.3, -0.25) is 9.69 Å². The number of likely N-dealkylation sites (N-methyl/N-ethyl adjacent to an activating group) is 1. The molecular weight excluding hydrogens is 304 g/mol. The van der Waals surface area contributed by atoms with Crippen LogP contribution in [-0.2, 0) is 9.53 Å². The van der Waals surface area contributed by atoms with Gasteiger partial charge >= 0.3 is 0 Å². The van der Waals surface area contributed by atoms with Gasteiger partial charge < -0.3 is 14.8 Å². The predicted molar refractivity (Wildman–Crippen MR) is 96.4 cm³/mol. The first kappa shape index (κ1) is 18.7. The van der Waals surface area contributed by atoms with Crippen molar-refractivity contribution in [3.05, 3.63) is 24.3 Å². The average molecular weight is 334 g/mol. The Morgan fingerprint density at radius 3 is 2.42 bits per heavy atom. The monoisotopic (exact) mass is 334 g/mol. The van der Waals surface area contributed by atoms with Gasteiger partial charge in [0.1, 0.15) is 5.75 Å². The number of benzene rings is 1. The number of nitrogens with zero attached hydrogens (tertiary/aromatic N) is 1. The van der Waals surface area contributed by atoms with Crippen LogP contribution in [0.3, 0.4) is 0 Å². The van der Waals surface area contributed by atoms with Crippen molar-refractivity contribution in [3.8, 4) is 5.75 Å². The number of ether oxygens (including phenoxy) is 2. The van der Waals surface area contributed by atoms with Crippen molar-refractivity contribution in [1.29, 1.82) is 0 Å². The van der Waals surface area contributed by atoms with E-state index in [2.05, 4.69) is 19.2 Å². The van der Waals surface area contributed by atoms with Crippen LogP contribution in [0, 0.1) is 11.8 Å². The van der Waals surface area contributed by atoms with E-state index in [1.165, 1.54) is 0 Å². The normalized spacial score (nSPS) is 17.1. The van der Waals surface area contributed by atoms with E-state index in [4.69, 9.17) is 9.47 Å². The van der Waals surface area contributed by atoms with Gasteiger partial charge in [-0.25, -0.2) is 0 Å². The molecule has 134 valence electrons. The van der Waals surface area contributed by atoms with Crippen LogP contribution >= 0.6 is 0 Å². The molecule has 1 aromatic rings. The number of anilines is 1. The molecule has 1 fully saturated rings. The summed E-state index contributed by atoms with van der Waals surface area (Å²) in [6.07, 6.45) is 2.13. The van der Waals surface area contributed by atoms with Crippen molar-refractivity contribution < 1.29 is 14.3 Å². The molecule has 1 heterocycles. The van der Waals surface area contributed by atoms with Gasteiger partial charge in [0.25, 0.3) is 0 Å². The van der Waals surface area contributed by atoms with Crippen LogP contribution in [0.25, 0.3) is 0 Å².